The third-order valence-corrected chi connectivity index (χ3v) is 6.14. The van der Waals surface area contributed by atoms with Crippen LogP contribution in [0.1, 0.15) is 53.8 Å². The maximum absolute atomic E-state index is 13.6. The van der Waals surface area contributed by atoms with E-state index in [-0.39, 0.29) is 22.3 Å². The van der Waals surface area contributed by atoms with E-state index in [4.69, 9.17) is 10.2 Å². The number of hydrogen-bond donors (Lipinski definition) is 4. The van der Waals surface area contributed by atoms with Crippen molar-refractivity contribution in [2.24, 2.45) is 5.92 Å². The minimum absolute atomic E-state index is 0.0452. The quantitative estimate of drug-likeness (QED) is 0.173. The summed E-state index contributed by atoms with van der Waals surface area (Å²) < 4.78 is 0. The molecule has 4 N–H and O–H groups in total. The molecule has 42 heavy (non-hydrogen) atoms. The second-order valence-corrected chi connectivity index (χ2v) is 8.92. The van der Waals surface area contributed by atoms with Gasteiger partial charge in [-0.05, 0) is 71.3 Å². The Balaban J connectivity index is 2.03. The summed E-state index contributed by atoms with van der Waals surface area (Å²) in [5.74, 6) is -7.03. The number of benzene rings is 3. The monoisotopic (exact) mass is 567 g/mol. The number of nitrogens with one attached hydrogen (secondary N) is 1. The van der Waals surface area contributed by atoms with Gasteiger partial charge in [0.05, 0.1) is 22.7 Å². The highest BCUT2D eigenvalue weighted by atomic mass is 16.4. The maximum atomic E-state index is 13.6. The van der Waals surface area contributed by atoms with E-state index in [1.807, 2.05) is 0 Å². The van der Waals surface area contributed by atoms with Crippen LogP contribution in [0.3, 0.4) is 0 Å². The minimum atomic E-state index is -1.51. The van der Waals surface area contributed by atoms with Crippen molar-refractivity contribution in [2.75, 3.05) is 0 Å². The zero-order valence-corrected chi connectivity index (χ0v) is 22.0. The topological polar surface area (TPSA) is 175 Å². The van der Waals surface area contributed by atoms with Crippen LogP contribution < -0.4 is 5.32 Å². The van der Waals surface area contributed by atoms with Crippen molar-refractivity contribution in [2.45, 2.75) is 6.04 Å². The molecule has 0 saturated heterocycles. The summed E-state index contributed by atoms with van der Waals surface area (Å²) in [5.41, 5.74) is 1.28. The fourth-order valence-corrected chi connectivity index (χ4v) is 3.91. The molecule has 212 valence electrons. The van der Waals surface area contributed by atoms with Gasteiger partial charge in [-0.15, -0.1) is 0 Å². The number of carboxylic acid groups (broad SMARTS) is 3. The number of carbonyl (C=O) groups is 6. The van der Waals surface area contributed by atoms with Crippen LogP contribution in [0.2, 0.25) is 0 Å². The van der Waals surface area contributed by atoms with Crippen molar-refractivity contribution >= 4 is 47.5 Å². The predicted octanol–water partition coefficient (Wildman–Crippen LogP) is 4.31. The SMILES string of the molecule is C=CC(=O)NC(c1ccc(C(=O)O)cc1)C(C(=O)/C=C/c1ccc(C(=O)O)cc1)C(=O)/C=C/c1ccc(C(=O)O)cc1. The van der Waals surface area contributed by atoms with Gasteiger partial charge in [-0.2, -0.15) is 0 Å². The lowest BCUT2D eigenvalue weighted by atomic mass is 9.84. The van der Waals surface area contributed by atoms with Crippen molar-refractivity contribution in [3.8, 4) is 0 Å². The summed E-state index contributed by atoms with van der Waals surface area (Å²) in [6.45, 7) is 3.41. The molecular weight excluding hydrogens is 542 g/mol. The minimum Gasteiger partial charge on any atom is -0.478 e. The first kappa shape index (κ1) is 30.6. The van der Waals surface area contributed by atoms with Gasteiger partial charge in [0.2, 0.25) is 5.91 Å². The average molecular weight is 568 g/mol. The number of rotatable bonds is 13. The van der Waals surface area contributed by atoms with E-state index < -0.39 is 47.3 Å². The first-order chi connectivity index (χ1) is 20.0. The van der Waals surface area contributed by atoms with Gasteiger partial charge in [-0.1, -0.05) is 55.1 Å². The molecular formula is C32H25NO9. The molecule has 0 spiro atoms. The van der Waals surface area contributed by atoms with Crippen molar-refractivity contribution < 1.29 is 44.1 Å². The van der Waals surface area contributed by atoms with Gasteiger partial charge in [-0.3, -0.25) is 14.4 Å². The van der Waals surface area contributed by atoms with Crippen LogP contribution in [-0.4, -0.2) is 50.7 Å². The summed E-state index contributed by atoms with van der Waals surface area (Å²) in [6, 6.07) is 15.4. The van der Waals surface area contributed by atoms with Crippen LogP contribution in [0.5, 0.6) is 0 Å². The van der Waals surface area contributed by atoms with Crippen LogP contribution in [0.4, 0.5) is 0 Å². The number of carbonyl (C=O) groups excluding carboxylic acids is 3. The molecule has 0 saturated carbocycles. The largest absolute Gasteiger partial charge is 0.478 e. The molecule has 1 atom stereocenters. The van der Waals surface area contributed by atoms with Crippen LogP contribution >= 0.6 is 0 Å². The fraction of sp³-hybridized carbons (Fsp3) is 0.0625. The van der Waals surface area contributed by atoms with E-state index in [2.05, 4.69) is 11.9 Å². The van der Waals surface area contributed by atoms with Gasteiger partial charge < -0.3 is 20.6 Å². The van der Waals surface area contributed by atoms with E-state index in [1.165, 1.54) is 84.9 Å². The third kappa shape index (κ3) is 8.06. The summed E-state index contributed by atoms with van der Waals surface area (Å²) in [6.07, 6.45) is 6.01. The summed E-state index contributed by atoms with van der Waals surface area (Å²) >= 11 is 0. The lowest BCUT2D eigenvalue weighted by Gasteiger charge is -2.25. The molecule has 3 rings (SSSR count). The predicted molar refractivity (Wildman–Crippen MR) is 153 cm³/mol. The van der Waals surface area contributed by atoms with Crippen molar-refractivity contribution in [1.82, 2.24) is 5.32 Å². The summed E-state index contributed by atoms with van der Waals surface area (Å²) in [4.78, 5) is 73.1. The third-order valence-electron chi connectivity index (χ3n) is 6.14. The highest BCUT2D eigenvalue weighted by Crippen LogP contribution is 2.27. The zero-order valence-electron chi connectivity index (χ0n) is 22.0. The molecule has 1 unspecified atom stereocenters. The first-order valence-corrected chi connectivity index (χ1v) is 12.4. The van der Waals surface area contributed by atoms with E-state index in [9.17, 15) is 33.9 Å². The molecule has 10 heteroatoms. The smallest absolute Gasteiger partial charge is 0.335 e. The van der Waals surface area contributed by atoms with Gasteiger partial charge in [-0.25, -0.2) is 14.4 Å². The molecule has 0 heterocycles. The number of ketones is 2. The zero-order chi connectivity index (χ0) is 30.8. The fourth-order valence-electron chi connectivity index (χ4n) is 3.91. The van der Waals surface area contributed by atoms with Gasteiger partial charge in [0.15, 0.2) is 11.6 Å². The number of carboxylic acids is 3. The highest BCUT2D eigenvalue weighted by Gasteiger charge is 2.34. The lowest BCUT2D eigenvalue weighted by molar-refractivity contribution is -0.129. The number of aromatic carboxylic acids is 3. The van der Waals surface area contributed by atoms with Gasteiger partial charge in [0.25, 0.3) is 0 Å². The van der Waals surface area contributed by atoms with Crippen LogP contribution in [0.15, 0.2) is 97.6 Å². The molecule has 0 radical (unpaired) electrons. The Hall–Kier alpha value is -5.90. The molecule has 0 fully saturated rings. The molecule has 0 aliphatic heterocycles. The Morgan fingerprint density at radius 3 is 1.29 bits per heavy atom. The Morgan fingerprint density at radius 2 is 0.952 bits per heavy atom. The molecule has 0 aromatic heterocycles. The van der Waals surface area contributed by atoms with Crippen LogP contribution in [0, 0.1) is 5.92 Å². The van der Waals surface area contributed by atoms with Crippen molar-refractivity contribution in [3.63, 3.8) is 0 Å². The van der Waals surface area contributed by atoms with E-state index in [0.717, 1.165) is 18.2 Å². The molecule has 1 amide bonds. The molecule has 0 bridgehead atoms. The first-order valence-electron chi connectivity index (χ1n) is 12.4. The number of hydrogen-bond acceptors (Lipinski definition) is 6. The Labute approximate surface area is 239 Å². The highest BCUT2D eigenvalue weighted by molar-refractivity contribution is 6.14. The molecule has 0 aliphatic rings. The van der Waals surface area contributed by atoms with E-state index in [0.29, 0.717) is 11.1 Å². The molecule has 10 nitrogen and oxygen atoms in total. The number of allylic oxidation sites excluding steroid dienone is 2. The van der Waals surface area contributed by atoms with Crippen molar-refractivity contribution in [1.29, 1.82) is 0 Å². The Bertz CT molecular complexity index is 1500. The molecule has 3 aromatic rings. The summed E-state index contributed by atoms with van der Waals surface area (Å²) in [7, 11) is 0. The Morgan fingerprint density at radius 1 is 0.595 bits per heavy atom. The average Bonchev–Trinajstić information content (AvgIpc) is 2.98. The van der Waals surface area contributed by atoms with Crippen molar-refractivity contribution in [3.05, 3.63) is 131 Å². The van der Waals surface area contributed by atoms with Crippen LogP contribution in [0.25, 0.3) is 12.2 Å². The van der Waals surface area contributed by atoms with Gasteiger partial charge in [0.1, 0.15) is 5.92 Å². The molecule has 3 aromatic carbocycles. The van der Waals surface area contributed by atoms with Crippen LogP contribution in [-0.2, 0) is 14.4 Å². The Kier molecular flexibility index (Phi) is 10.2. The van der Waals surface area contributed by atoms with Gasteiger partial charge >= 0.3 is 17.9 Å². The standard InChI is InChI=1S/C32H25NO9/c1-2-27(36)33-29(21-13-15-24(16-14-21)32(41)42)28(25(34)17-7-19-3-9-22(10-4-19)30(37)38)26(35)18-8-20-5-11-23(12-6-20)31(39)40/h2-18,28-29H,1H2,(H,33,36)(H,37,38)(H,39,40)(H,41,42)/b17-7+,18-8+. The van der Waals surface area contributed by atoms with E-state index >= 15 is 0 Å². The van der Waals surface area contributed by atoms with E-state index in [1.54, 1.807) is 0 Å². The second-order valence-electron chi connectivity index (χ2n) is 8.92. The normalized spacial score (nSPS) is 11.7. The summed E-state index contributed by atoms with van der Waals surface area (Å²) in [5, 5.41) is 30.0. The maximum Gasteiger partial charge on any atom is 0.335 e. The van der Waals surface area contributed by atoms with Gasteiger partial charge in [0, 0.05) is 0 Å². The molecule has 0 aliphatic carbocycles. The lowest BCUT2D eigenvalue weighted by Crippen LogP contribution is -2.39. The number of amides is 1. The second kappa shape index (κ2) is 13.9.